The smallest absolute Gasteiger partial charge is 0.128 e. The van der Waals surface area contributed by atoms with Crippen LogP contribution >= 0.6 is 0 Å². The maximum atomic E-state index is 9.44. The van der Waals surface area contributed by atoms with Crippen molar-refractivity contribution in [3.05, 3.63) is 23.9 Å². The molecule has 0 aliphatic carbocycles. The fraction of sp³-hybridized carbons (Fsp3) is 0.643. The molecule has 1 aromatic heterocycles. The molecule has 2 heterocycles. The molecule has 3 nitrogen and oxygen atoms in total. The Morgan fingerprint density at radius 1 is 1.35 bits per heavy atom. The van der Waals surface area contributed by atoms with Crippen molar-refractivity contribution in [3.63, 3.8) is 0 Å². The molecule has 0 bridgehead atoms. The van der Waals surface area contributed by atoms with Crippen LogP contribution in [0.25, 0.3) is 0 Å². The summed E-state index contributed by atoms with van der Waals surface area (Å²) in [6.07, 6.45) is 2.61. The number of rotatable bonds is 3. The van der Waals surface area contributed by atoms with Gasteiger partial charge in [0.25, 0.3) is 0 Å². The van der Waals surface area contributed by atoms with Gasteiger partial charge in [-0.15, -0.1) is 0 Å². The summed E-state index contributed by atoms with van der Waals surface area (Å²) in [7, 11) is 0. The van der Waals surface area contributed by atoms with Crippen molar-refractivity contribution >= 4 is 5.82 Å². The van der Waals surface area contributed by atoms with Crippen molar-refractivity contribution in [1.82, 2.24) is 4.98 Å². The van der Waals surface area contributed by atoms with Crippen LogP contribution in [0.1, 0.15) is 38.9 Å². The van der Waals surface area contributed by atoms with Crippen LogP contribution in [0, 0.1) is 11.8 Å². The van der Waals surface area contributed by atoms with Crippen molar-refractivity contribution in [2.24, 2.45) is 11.8 Å². The van der Waals surface area contributed by atoms with Crippen molar-refractivity contribution in [2.45, 2.75) is 33.3 Å². The predicted octanol–water partition coefficient (Wildman–Crippen LogP) is 2.62. The van der Waals surface area contributed by atoms with Gasteiger partial charge in [-0.25, -0.2) is 4.98 Å². The normalized spacial score (nSPS) is 22.2. The fourth-order valence-electron chi connectivity index (χ4n) is 2.37. The molecule has 0 radical (unpaired) electrons. The molecular formula is C14H22N2O. The third kappa shape index (κ3) is 2.78. The number of nitrogens with zero attached hydrogens (tertiary/aromatic N) is 2. The second-order valence-corrected chi connectivity index (χ2v) is 5.36. The topological polar surface area (TPSA) is 36.4 Å². The van der Waals surface area contributed by atoms with Gasteiger partial charge >= 0.3 is 0 Å². The zero-order chi connectivity index (χ0) is 12.4. The van der Waals surface area contributed by atoms with E-state index in [9.17, 15) is 5.11 Å². The van der Waals surface area contributed by atoms with Gasteiger partial charge in [0.2, 0.25) is 0 Å². The van der Waals surface area contributed by atoms with Crippen molar-refractivity contribution < 1.29 is 5.11 Å². The lowest BCUT2D eigenvalue weighted by molar-refractivity contribution is 0.199. The van der Waals surface area contributed by atoms with Crippen LogP contribution < -0.4 is 4.90 Å². The maximum absolute atomic E-state index is 9.44. The van der Waals surface area contributed by atoms with E-state index in [0.717, 1.165) is 36.3 Å². The molecule has 1 aliphatic rings. The van der Waals surface area contributed by atoms with Crippen molar-refractivity contribution in [3.8, 4) is 0 Å². The van der Waals surface area contributed by atoms with E-state index >= 15 is 0 Å². The lowest BCUT2D eigenvalue weighted by Crippen LogP contribution is -2.22. The summed E-state index contributed by atoms with van der Waals surface area (Å²) < 4.78 is 0. The number of pyridine rings is 1. The van der Waals surface area contributed by atoms with Crippen LogP contribution in [-0.4, -0.2) is 23.2 Å². The molecule has 0 saturated carbocycles. The monoisotopic (exact) mass is 234 g/mol. The highest BCUT2D eigenvalue weighted by Gasteiger charge is 2.25. The number of anilines is 1. The van der Waals surface area contributed by atoms with Gasteiger partial charge in [0, 0.05) is 19.3 Å². The summed E-state index contributed by atoms with van der Waals surface area (Å²) in [5.74, 6) is 2.57. The Morgan fingerprint density at radius 3 is 2.59 bits per heavy atom. The number of aromatic nitrogens is 1. The maximum Gasteiger partial charge on any atom is 0.128 e. The Morgan fingerprint density at radius 2 is 2.12 bits per heavy atom. The van der Waals surface area contributed by atoms with Crippen LogP contribution in [0.15, 0.2) is 18.3 Å². The van der Waals surface area contributed by atoms with Crippen LogP contribution in [0.2, 0.25) is 0 Å². The van der Waals surface area contributed by atoms with E-state index < -0.39 is 6.10 Å². The summed E-state index contributed by atoms with van der Waals surface area (Å²) in [6.45, 7) is 8.56. The number of hydrogen-bond donors (Lipinski definition) is 1. The second kappa shape index (κ2) is 5.05. The van der Waals surface area contributed by atoms with Crippen molar-refractivity contribution in [1.29, 1.82) is 0 Å². The zero-order valence-corrected chi connectivity index (χ0v) is 10.9. The van der Waals surface area contributed by atoms with E-state index in [-0.39, 0.29) is 0 Å². The van der Waals surface area contributed by atoms with Crippen LogP contribution in [0.3, 0.4) is 0 Å². The first-order valence-corrected chi connectivity index (χ1v) is 6.47. The van der Waals surface area contributed by atoms with Gasteiger partial charge in [-0.3, -0.25) is 0 Å². The van der Waals surface area contributed by atoms with E-state index in [1.54, 1.807) is 13.1 Å². The molecular weight excluding hydrogens is 212 g/mol. The molecule has 17 heavy (non-hydrogen) atoms. The third-order valence-corrected chi connectivity index (χ3v) is 3.74. The summed E-state index contributed by atoms with van der Waals surface area (Å²) >= 11 is 0. The predicted molar refractivity (Wildman–Crippen MR) is 70.0 cm³/mol. The van der Waals surface area contributed by atoms with E-state index in [2.05, 4.69) is 23.7 Å². The van der Waals surface area contributed by atoms with Crippen molar-refractivity contribution in [2.75, 3.05) is 18.0 Å². The van der Waals surface area contributed by atoms with Crippen LogP contribution in [0.5, 0.6) is 0 Å². The summed E-state index contributed by atoms with van der Waals surface area (Å²) in [5, 5.41) is 9.44. The molecule has 1 N–H and O–H groups in total. The quantitative estimate of drug-likeness (QED) is 0.873. The Hall–Kier alpha value is -1.09. The van der Waals surface area contributed by atoms with Gasteiger partial charge in [0.15, 0.2) is 0 Å². The Kier molecular flexibility index (Phi) is 3.67. The van der Waals surface area contributed by atoms with E-state index in [4.69, 9.17) is 0 Å². The van der Waals surface area contributed by atoms with Crippen LogP contribution in [-0.2, 0) is 0 Å². The minimum Gasteiger partial charge on any atom is -0.389 e. The van der Waals surface area contributed by atoms with Crippen LogP contribution in [0.4, 0.5) is 5.82 Å². The Balaban J connectivity index is 2.04. The summed E-state index contributed by atoms with van der Waals surface area (Å²) in [5.41, 5.74) is 0.883. The first kappa shape index (κ1) is 12.4. The molecule has 0 amide bonds. The minimum atomic E-state index is -0.432. The van der Waals surface area contributed by atoms with Gasteiger partial charge in [-0.2, -0.15) is 0 Å². The highest BCUT2D eigenvalue weighted by atomic mass is 16.3. The Labute approximate surface area is 103 Å². The number of hydrogen-bond acceptors (Lipinski definition) is 3. The second-order valence-electron chi connectivity index (χ2n) is 5.36. The molecule has 1 fully saturated rings. The van der Waals surface area contributed by atoms with Gasteiger partial charge in [-0.05, 0) is 36.8 Å². The minimum absolute atomic E-state index is 0.432. The molecule has 1 aliphatic heterocycles. The van der Waals surface area contributed by atoms with E-state index in [1.807, 2.05) is 12.1 Å². The summed E-state index contributed by atoms with van der Waals surface area (Å²) in [6, 6.07) is 3.99. The SMILES string of the molecule is CC(C)C1CCN(c2ccc([C@H](C)O)cn2)C1. The first-order chi connectivity index (χ1) is 8.08. The molecule has 2 rings (SSSR count). The molecule has 0 aromatic carbocycles. The van der Waals surface area contributed by atoms with E-state index in [1.165, 1.54) is 6.42 Å². The molecule has 2 atom stereocenters. The number of aliphatic hydroxyl groups excluding tert-OH is 1. The highest BCUT2D eigenvalue weighted by Crippen LogP contribution is 2.27. The standard InChI is InChI=1S/C14H22N2O/c1-10(2)13-6-7-16(9-13)14-5-4-12(8-15-14)11(3)17/h4-5,8,10-11,13,17H,6-7,9H2,1-3H3/t11-,13?/m0/s1. The molecule has 94 valence electrons. The van der Waals surface area contributed by atoms with Gasteiger partial charge in [0.1, 0.15) is 5.82 Å². The molecule has 0 spiro atoms. The largest absolute Gasteiger partial charge is 0.389 e. The summed E-state index contributed by atoms with van der Waals surface area (Å²) in [4.78, 5) is 6.79. The van der Waals surface area contributed by atoms with Gasteiger partial charge < -0.3 is 10.0 Å². The third-order valence-electron chi connectivity index (χ3n) is 3.74. The Bertz CT molecular complexity index is 359. The lowest BCUT2D eigenvalue weighted by atomic mass is 9.95. The molecule has 1 aromatic rings. The lowest BCUT2D eigenvalue weighted by Gasteiger charge is -2.19. The van der Waals surface area contributed by atoms with E-state index in [0.29, 0.717) is 0 Å². The fourth-order valence-corrected chi connectivity index (χ4v) is 2.37. The highest BCUT2D eigenvalue weighted by molar-refractivity contribution is 5.40. The molecule has 3 heteroatoms. The molecule has 1 unspecified atom stereocenters. The first-order valence-electron chi connectivity index (χ1n) is 6.47. The van der Waals surface area contributed by atoms with Gasteiger partial charge in [-0.1, -0.05) is 19.9 Å². The average Bonchev–Trinajstić information content (AvgIpc) is 2.78. The zero-order valence-electron chi connectivity index (χ0n) is 10.9. The average molecular weight is 234 g/mol. The number of aliphatic hydroxyl groups is 1. The van der Waals surface area contributed by atoms with Gasteiger partial charge in [0.05, 0.1) is 6.10 Å². The molecule has 1 saturated heterocycles.